The van der Waals surface area contributed by atoms with Crippen LogP contribution in [0.4, 0.5) is 0 Å². The van der Waals surface area contributed by atoms with Gasteiger partial charge in [-0.25, -0.2) is 0 Å². The Hall–Kier alpha value is 0.217. The predicted molar refractivity (Wildman–Crippen MR) is 91.7 cm³/mol. The molecule has 0 aromatic heterocycles. The Morgan fingerprint density at radius 2 is 0.895 bits per heavy atom. The monoisotopic (exact) mass is 282 g/mol. The first kappa shape index (κ1) is 17.3. The normalized spacial score (nSPS) is 20.7. The third-order valence-corrected chi connectivity index (χ3v) is 14.1. The Balaban J connectivity index is 2.98. The zero-order valence-corrected chi connectivity index (χ0v) is 15.5. The van der Waals surface area contributed by atoms with E-state index in [0.29, 0.717) is 0 Å². The molecule has 0 atom stereocenters. The summed E-state index contributed by atoms with van der Waals surface area (Å²) in [4.78, 5) is 0. The lowest BCUT2D eigenvalue weighted by atomic mass is 10.1. The van der Waals surface area contributed by atoms with Crippen LogP contribution in [-0.2, 0) is 0 Å². The SMILES string of the molecule is CC(C)[Si](C(C)C)(C(C)C)C1CCCCCCCC1. The van der Waals surface area contributed by atoms with E-state index in [1.54, 1.807) is 12.8 Å². The van der Waals surface area contributed by atoms with E-state index >= 15 is 0 Å². The molecule has 1 aliphatic carbocycles. The van der Waals surface area contributed by atoms with Gasteiger partial charge in [-0.3, -0.25) is 0 Å². The van der Waals surface area contributed by atoms with E-state index in [-0.39, 0.29) is 0 Å². The maximum absolute atomic E-state index is 2.54. The van der Waals surface area contributed by atoms with Crippen molar-refractivity contribution in [2.75, 3.05) is 0 Å². The molecule has 0 spiro atoms. The van der Waals surface area contributed by atoms with E-state index in [9.17, 15) is 0 Å². The molecule has 0 N–H and O–H groups in total. The topological polar surface area (TPSA) is 0 Å². The first-order valence-corrected chi connectivity index (χ1v) is 11.2. The van der Waals surface area contributed by atoms with Crippen LogP contribution >= 0.6 is 0 Å². The molecule has 19 heavy (non-hydrogen) atoms. The zero-order chi connectivity index (χ0) is 14.5. The van der Waals surface area contributed by atoms with E-state index in [0.717, 1.165) is 22.2 Å². The van der Waals surface area contributed by atoms with Crippen molar-refractivity contribution in [1.82, 2.24) is 0 Å². The predicted octanol–water partition coefficient (Wildman–Crippen LogP) is 7.17. The molecule has 0 saturated heterocycles. The minimum absolute atomic E-state index is 0.943. The molecule has 0 aromatic carbocycles. The summed E-state index contributed by atoms with van der Waals surface area (Å²) in [6.45, 7) is 15.2. The van der Waals surface area contributed by atoms with E-state index in [1.165, 1.54) is 38.5 Å². The summed E-state index contributed by atoms with van der Waals surface area (Å²) in [5.74, 6) is 0. The molecule has 1 heteroatoms. The van der Waals surface area contributed by atoms with Crippen LogP contribution < -0.4 is 0 Å². The van der Waals surface area contributed by atoms with Gasteiger partial charge in [0.05, 0.1) is 8.07 Å². The third kappa shape index (κ3) is 3.86. The average molecular weight is 283 g/mol. The Morgan fingerprint density at radius 3 is 1.21 bits per heavy atom. The summed E-state index contributed by atoms with van der Waals surface area (Å²) in [6.07, 6.45) is 12.1. The van der Waals surface area contributed by atoms with E-state index < -0.39 is 8.07 Å². The van der Waals surface area contributed by atoms with Gasteiger partial charge in [0.15, 0.2) is 0 Å². The number of rotatable bonds is 4. The Morgan fingerprint density at radius 1 is 0.579 bits per heavy atom. The molecule has 114 valence electrons. The fourth-order valence-electron chi connectivity index (χ4n) is 5.55. The summed E-state index contributed by atoms with van der Waals surface area (Å²) in [5.41, 5.74) is 3.92. The molecule has 1 aliphatic rings. The van der Waals surface area contributed by atoms with Gasteiger partial charge in [0.1, 0.15) is 0 Å². The molecular weight excluding hydrogens is 244 g/mol. The van der Waals surface area contributed by atoms with Crippen LogP contribution in [0.5, 0.6) is 0 Å². The van der Waals surface area contributed by atoms with Crippen LogP contribution in [0.15, 0.2) is 0 Å². The van der Waals surface area contributed by atoms with Crippen LogP contribution in [0.2, 0.25) is 22.2 Å². The second kappa shape index (κ2) is 7.86. The van der Waals surface area contributed by atoms with Gasteiger partial charge in [-0.15, -0.1) is 0 Å². The molecule has 0 amide bonds. The average Bonchev–Trinajstić information content (AvgIpc) is 2.42. The summed E-state index contributed by atoms with van der Waals surface area (Å²) in [5, 5.41) is 0. The summed E-state index contributed by atoms with van der Waals surface area (Å²) in [7, 11) is -1.20. The van der Waals surface area contributed by atoms with Crippen molar-refractivity contribution in [3.05, 3.63) is 0 Å². The Bertz CT molecular complexity index is 210. The van der Waals surface area contributed by atoms with Crippen LogP contribution in [-0.4, -0.2) is 8.07 Å². The maximum Gasteiger partial charge on any atom is 0.0643 e. The molecule has 0 nitrogen and oxygen atoms in total. The van der Waals surface area contributed by atoms with Gasteiger partial charge in [-0.2, -0.15) is 0 Å². The first-order chi connectivity index (χ1) is 8.94. The maximum atomic E-state index is 2.54. The van der Waals surface area contributed by atoms with E-state index in [1.807, 2.05) is 0 Å². The van der Waals surface area contributed by atoms with Crippen molar-refractivity contribution in [1.29, 1.82) is 0 Å². The summed E-state index contributed by atoms with van der Waals surface area (Å²) in [6, 6.07) is 0. The Kier molecular flexibility index (Phi) is 7.14. The van der Waals surface area contributed by atoms with Crippen molar-refractivity contribution >= 4 is 8.07 Å². The van der Waals surface area contributed by atoms with Gasteiger partial charge in [0.2, 0.25) is 0 Å². The Labute approximate surface area is 123 Å². The highest BCUT2D eigenvalue weighted by atomic mass is 28.3. The largest absolute Gasteiger partial charge is 0.0651 e. The fraction of sp³-hybridized carbons (Fsp3) is 1.00. The van der Waals surface area contributed by atoms with Gasteiger partial charge in [-0.1, -0.05) is 110 Å². The number of hydrogen-bond donors (Lipinski definition) is 0. The third-order valence-electron chi connectivity index (χ3n) is 6.06. The van der Waals surface area contributed by atoms with Crippen LogP contribution in [0.25, 0.3) is 0 Å². The molecule has 0 heterocycles. The van der Waals surface area contributed by atoms with Crippen molar-refractivity contribution in [2.24, 2.45) is 0 Å². The molecule has 1 fully saturated rings. The van der Waals surface area contributed by atoms with Gasteiger partial charge in [-0.05, 0) is 5.54 Å². The minimum Gasteiger partial charge on any atom is -0.0651 e. The minimum atomic E-state index is -1.20. The van der Waals surface area contributed by atoms with Crippen molar-refractivity contribution in [2.45, 2.75) is 115 Å². The smallest absolute Gasteiger partial charge is 0.0643 e. The molecular formula is C18H38Si. The van der Waals surface area contributed by atoms with Crippen molar-refractivity contribution < 1.29 is 0 Å². The standard InChI is InChI=1S/C18H38Si/c1-15(2)19(16(3)4,17(5)6)18-13-11-9-7-8-10-12-14-18/h15-18H,7-14H2,1-6H3. The van der Waals surface area contributed by atoms with Gasteiger partial charge < -0.3 is 0 Å². The quantitative estimate of drug-likeness (QED) is 0.479. The van der Waals surface area contributed by atoms with E-state index in [2.05, 4.69) is 41.5 Å². The lowest BCUT2D eigenvalue weighted by Crippen LogP contribution is -2.49. The number of hydrogen-bond acceptors (Lipinski definition) is 0. The van der Waals surface area contributed by atoms with Crippen LogP contribution in [0.1, 0.15) is 92.9 Å². The summed E-state index contributed by atoms with van der Waals surface area (Å²) >= 11 is 0. The molecule has 0 bridgehead atoms. The summed E-state index contributed by atoms with van der Waals surface area (Å²) < 4.78 is 0. The van der Waals surface area contributed by atoms with E-state index in [4.69, 9.17) is 0 Å². The second-order valence-electron chi connectivity index (χ2n) is 7.86. The fourth-order valence-corrected chi connectivity index (χ4v) is 13.8. The highest BCUT2D eigenvalue weighted by Gasteiger charge is 2.47. The molecule has 1 rings (SSSR count). The van der Waals surface area contributed by atoms with Crippen molar-refractivity contribution in [3.8, 4) is 0 Å². The van der Waals surface area contributed by atoms with Crippen LogP contribution in [0, 0.1) is 0 Å². The molecule has 1 saturated carbocycles. The lowest BCUT2D eigenvalue weighted by molar-refractivity contribution is 0.570. The highest BCUT2D eigenvalue weighted by molar-refractivity contribution is 6.84. The molecule has 0 unspecified atom stereocenters. The zero-order valence-electron chi connectivity index (χ0n) is 14.5. The lowest BCUT2D eigenvalue weighted by Gasteiger charge is -2.49. The van der Waals surface area contributed by atoms with Gasteiger partial charge in [0, 0.05) is 0 Å². The highest BCUT2D eigenvalue weighted by Crippen LogP contribution is 2.53. The molecule has 0 aromatic rings. The van der Waals surface area contributed by atoms with Gasteiger partial charge in [0.25, 0.3) is 0 Å². The van der Waals surface area contributed by atoms with Crippen molar-refractivity contribution in [3.63, 3.8) is 0 Å². The molecule has 0 radical (unpaired) electrons. The van der Waals surface area contributed by atoms with Crippen LogP contribution in [0.3, 0.4) is 0 Å². The molecule has 0 aliphatic heterocycles. The first-order valence-electron chi connectivity index (χ1n) is 8.94. The van der Waals surface area contributed by atoms with Gasteiger partial charge >= 0.3 is 0 Å². The second-order valence-corrected chi connectivity index (χ2v) is 14.1.